The maximum absolute atomic E-state index is 13.5. The molecule has 0 spiro atoms. The highest BCUT2D eigenvalue weighted by molar-refractivity contribution is 7.98. The lowest BCUT2D eigenvalue weighted by Crippen LogP contribution is -2.23. The van der Waals surface area contributed by atoms with Gasteiger partial charge in [0.1, 0.15) is 10.9 Å². The molecule has 0 radical (unpaired) electrons. The molecule has 168 valence electrons. The first-order chi connectivity index (χ1) is 17.3. The summed E-state index contributed by atoms with van der Waals surface area (Å²) < 4.78 is 1.71. The molecule has 0 saturated heterocycles. The van der Waals surface area contributed by atoms with Gasteiger partial charge >= 0.3 is 0 Å². The van der Waals surface area contributed by atoms with Crippen molar-refractivity contribution in [2.45, 2.75) is 10.8 Å². The molecule has 0 aliphatic carbocycles. The molecule has 0 amide bonds. The average molecular weight is 473 g/mol. The Balaban J connectivity index is 1.47. The molecule has 6 aromatic rings. The Hall–Kier alpha value is -4.29. The highest BCUT2D eigenvalue weighted by atomic mass is 32.2. The maximum Gasteiger partial charge on any atom is 0.265 e. The zero-order valence-electron chi connectivity index (χ0n) is 18.7. The van der Waals surface area contributed by atoms with Crippen LogP contribution in [0.3, 0.4) is 0 Å². The third kappa shape index (κ3) is 4.09. The number of aromatic nitrogens is 4. The lowest BCUT2D eigenvalue weighted by Gasteiger charge is -2.14. The summed E-state index contributed by atoms with van der Waals surface area (Å²) >= 11 is 1.56. The van der Waals surface area contributed by atoms with E-state index < -0.39 is 0 Å². The molecule has 2 aromatic heterocycles. The first kappa shape index (κ1) is 21.3. The van der Waals surface area contributed by atoms with E-state index in [-0.39, 0.29) is 5.56 Å². The van der Waals surface area contributed by atoms with Gasteiger partial charge in [0, 0.05) is 10.9 Å². The van der Waals surface area contributed by atoms with Gasteiger partial charge in [0.2, 0.25) is 0 Å². The van der Waals surface area contributed by atoms with Crippen LogP contribution in [0.1, 0.15) is 5.82 Å². The van der Waals surface area contributed by atoms with Crippen LogP contribution in [-0.4, -0.2) is 19.5 Å². The van der Waals surface area contributed by atoms with Crippen LogP contribution in [0.15, 0.2) is 119 Å². The van der Waals surface area contributed by atoms with E-state index in [1.807, 2.05) is 109 Å². The second kappa shape index (κ2) is 9.16. The lowest BCUT2D eigenvalue weighted by atomic mass is 10.2. The Morgan fingerprint density at radius 3 is 1.97 bits per heavy atom. The minimum Gasteiger partial charge on any atom is -0.268 e. The first-order valence-corrected chi connectivity index (χ1v) is 12.3. The number of hydrogen-bond acceptors (Lipinski definition) is 5. The van der Waals surface area contributed by atoms with Crippen molar-refractivity contribution < 1.29 is 0 Å². The molecule has 2 heterocycles. The van der Waals surface area contributed by atoms with E-state index in [1.54, 1.807) is 16.3 Å². The predicted molar refractivity (Wildman–Crippen MR) is 142 cm³/mol. The van der Waals surface area contributed by atoms with Crippen LogP contribution in [0, 0.1) is 0 Å². The van der Waals surface area contributed by atoms with Crippen LogP contribution in [0.5, 0.6) is 0 Å². The minimum absolute atomic E-state index is 0.0741. The summed E-state index contributed by atoms with van der Waals surface area (Å²) in [6.07, 6.45) is 0. The van der Waals surface area contributed by atoms with Gasteiger partial charge in [-0.05, 0) is 30.3 Å². The second-order valence-electron chi connectivity index (χ2n) is 8.05. The van der Waals surface area contributed by atoms with Crippen molar-refractivity contribution in [1.29, 1.82) is 0 Å². The zero-order valence-corrected chi connectivity index (χ0v) is 19.5. The van der Waals surface area contributed by atoms with E-state index in [1.165, 1.54) is 0 Å². The van der Waals surface area contributed by atoms with Crippen LogP contribution in [0.25, 0.3) is 38.9 Å². The first-order valence-electron chi connectivity index (χ1n) is 11.3. The summed E-state index contributed by atoms with van der Waals surface area (Å²) in [5.41, 5.74) is 3.26. The van der Waals surface area contributed by atoms with Gasteiger partial charge in [0.05, 0.1) is 27.9 Å². The summed E-state index contributed by atoms with van der Waals surface area (Å²) in [6.45, 7) is 0. The van der Waals surface area contributed by atoms with Crippen molar-refractivity contribution in [3.05, 3.63) is 125 Å². The van der Waals surface area contributed by atoms with E-state index in [0.29, 0.717) is 28.3 Å². The van der Waals surface area contributed by atoms with Crippen LogP contribution in [0.4, 0.5) is 0 Å². The molecular formula is C29H20N4OS. The van der Waals surface area contributed by atoms with Crippen LogP contribution in [-0.2, 0) is 5.75 Å². The van der Waals surface area contributed by atoms with Crippen LogP contribution < -0.4 is 5.56 Å². The molecule has 6 heteroatoms. The fourth-order valence-electron chi connectivity index (χ4n) is 4.13. The molecule has 0 N–H and O–H groups in total. The zero-order chi connectivity index (χ0) is 23.6. The van der Waals surface area contributed by atoms with Crippen molar-refractivity contribution in [3.63, 3.8) is 0 Å². The second-order valence-corrected chi connectivity index (χ2v) is 9.01. The summed E-state index contributed by atoms with van der Waals surface area (Å²) in [5, 5.41) is 2.44. The fourth-order valence-corrected chi connectivity index (χ4v) is 5.06. The lowest BCUT2D eigenvalue weighted by molar-refractivity contribution is 0.883. The third-order valence-corrected chi connectivity index (χ3v) is 6.78. The molecule has 0 saturated carbocycles. The van der Waals surface area contributed by atoms with Gasteiger partial charge in [-0.25, -0.2) is 15.0 Å². The summed E-state index contributed by atoms with van der Waals surface area (Å²) in [4.78, 5) is 28.1. The molecule has 0 atom stereocenters. The number of benzene rings is 4. The van der Waals surface area contributed by atoms with Gasteiger partial charge in [-0.1, -0.05) is 90.6 Å². The van der Waals surface area contributed by atoms with Gasteiger partial charge in [0.25, 0.3) is 5.56 Å². The van der Waals surface area contributed by atoms with Gasteiger partial charge in [-0.2, -0.15) is 0 Å². The van der Waals surface area contributed by atoms with Crippen molar-refractivity contribution in [3.8, 4) is 17.1 Å². The van der Waals surface area contributed by atoms with Gasteiger partial charge in [-0.3, -0.25) is 9.36 Å². The number of nitrogens with zero attached hydrogens (tertiary/aromatic N) is 4. The van der Waals surface area contributed by atoms with Gasteiger partial charge < -0.3 is 0 Å². The summed E-state index contributed by atoms with van der Waals surface area (Å²) in [7, 11) is 0. The number of fused-ring (bicyclic) bond motifs is 2. The largest absolute Gasteiger partial charge is 0.268 e. The molecule has 0 unspecified atom stereocenters. The number of hydrogen-bond donors (Lipinski definition) is 0. The molecular weight excluding hydrogens is 452 g/mol. The third-order valence-electron chi connectivity index (χ3n) is 5.80. The van der Waals surface area contributed by atoms with Crippen molar-refractivity contribution in [1.82, 2.24) is 19.5 Å². The molecule has 5 nitrogen and oxygen atoms in total. The average Bonchev–Trinajstić information content (AvgIpc) is 2.92. The summed E-state index contributed by atoms with van der Waals surface area (Å²) in [5.74, 6) is 1.83. The van der Waals surface area contributed by atoms with Crippen molar-refractivity contribution in [2.24, 2.45) is 0 Å². The molecule has 4 aromatic carbocycles. The molecule has 0 aliphatic rings. The molecule has 0 bridgehead atoms. The highest BCUT2D eigenvalue weighted by Gasteiger charge is 2.15. The molecule has 6 rings (SSSR count). The van der Waals surface area contributed by atoms with E-state index >= 15 is 0 Å². The Labute approximate surface area is 206 Å². The number of thioether (sulfide) groups is 1. The standard InChI is InChI=1S/C29H20N4OS/c34-29-23-16-8-10-18-25(23)30-26(33(29)21-13-5-2-6-14-21)19-35-28-22-15-7-9-17-24(22)31-27(32-28)20-11-3-1-4-12-20/h1-18H,19H2. The quantitative estimate of drug-likeness (QED) is 0.218. The maximum atomic E-state index is 13.5. The Kier molecular flexibility index (Phi) is 5.56. The highest BCUT2D eigenvalue weighted by Crippen LogP contribution is 2.30. The molecule has 0 aliphatic heterocycles. The van der Waals surface area contributed by atoms with E-state index in [2.05, 4.69) is 0 Å². The summed E-state index contributed by atoms with van der Waals surface area (Å²) in [6, 6.07) is 35.1. The Morgan fingerprint density at radius 2 is 1.23 bits per heavy atom. The SMILES string of the molecule is O=c1c2ccccc2nc(CSc2nc(-c3ccccc3)nc3ccccc23)n1-c1ccccc1. The van der Waals surface area contributed by atoms with E-state index in [9.17, 15) is 4.79 Å². The minimum atomic E-state index is -0.0741. The Bertz CT molecular complexity index is 1720. The monoisotopic (exact) mass is 472 g/mol. The smallest absolute Gasteiger partial charge is 0.265 e. The van der Waals surface area contributed by atoms with Gasteiger partial charge in [-0.15, -0.1) is 0 Å². The predicted octanol–water partition coefficient (Wildman–Crippen LogP) is 6.29. The normalized spacial score (nSPS) is 11.2. The number of para-hydroxylation sites is 3. The van der Waals surface area contributed by atoms with Gasteiger partial charge in [0.15, 0.2) is 5.82 Å². The molecule has 0 fully saturated rings. The van der Waals surface area contributed by atoms with Crippen LogP contribution >= 0.6 is 11.8 Å². The van der Waals surface area contributed by atoms with Crippen molar-refractivity contribution in [2.75, 3.05) is 0 Å². The topological polar surface area (TPSA) is 60.7 Å². The van der Waals surface area contributed by atoms with Crippen molar-refractivity contribution >= 4 is 33.6 Å². The van der Waals surface area contributed by atoms with Crippen LogP contribution in [0.2, 0.25) is 0 Å². The number of rotatable bonds is 5. The molecule has 35 heavy (non-hydrogen) atoms. The Morgan fingerprint density at radius 1 is 0.629 bits per heavy atom. The fraction of sp³-hybridized carbons (Fsp3) is 0.0345. The van der Waals surface area contributed by atoms with E-state index in [4.69, 9.17) is 15.0 Å². The van der Waals surface area contributed by atoms with E-state index in [0.717, 1.165) is 27.2 Å².